The second-order valence-electron chi connectivity index (χ2n) is 9.97. The van der Waals surface area contributed by atoms with Gasteiger partial charge >= 0.3 is 0 Å². The van der Waals surface area contributed by atoms with Crippen LogP contribution < -0.4 is 4.74 Å². The van der Waals surface area contributed by atoms with Crippen LogP contribution in [0.25, 0.3) is 11.8 Å². The van der Waals surface area contributed by atoms with Gasteiger partial charge in [0.05, 0.1) is 18.3 Å². The number of hydrogen-bond donors (Lipinski definition) is 1. The lowest BCUT2D eigenvalue weighted by molar-refractivity contribution is 0.0688. The fourth-order valence-corrected chi connectivity index (χ4v) is 5.21. The zero-order chi connectivity index (χ0) is 27.0. The van der Waals surface area contributed by atoms with E-state index in [4.69, 9.17) is 9.84 Å². The highest BCUT2D eigenvalue weighted by Gasteiger charge is 2.33. The molecule has 0 spiro atoms. The molecule has 1 aliphatic rings. The maximum atomic E-state index is 9.14. The molecule has 1 aromatic heterocycles. The minimum absolute atomic E-state index is 0.0000947. The van der Waals surface area contributed by atoms with Crippen molar-refractivity contribution in [3.05, 3.63) is 107 Å². The Morgan fingerprint density at radius 1 is 0.974 bits per heavy atom. The molecule has 5 rings (SSSR count). The van der Waals surface area contributed by atoms with E-state index in [9.17, 15) is 0 Å². The summed E-state index contributed by atoms with van der Waals surface area (Å²) in [5.74, 6) is 1.61. The quantitative estimate of drug-likeness (QED) is 0.333. The number of nitrogens with zero attached hydrogens (tertiary/aromatic N) is 6. The van der Waals surface area contributed by atoms with Gasteiger partial charge in [0, 0.05) is 32.7 Å². The summed E-state index contributed by atoms with van der Waals surface area (Å²) in [6.07, 6.45) is 4.42. The molecule has 0 aliphatic carbocycles. The van der Waals surface area contributed by atoms with Crippen LogP contribution in [0.5, 0.6) is 5.75 Å². The molecular formula is C31H36N6O2. The van der Waals surface area contributed by atoms with Gasteiger partial charge in [0.2, 0.25) is 0 Å². The highest BCUT2D eigenvalue weighted by Crippen LogP contribution is 2.29. The molecule has 1 fully saturated rings. The largest absolute Gasteiger partial charge is 0.491 e. The predicted octanol–water partition coefficient (Wildman–Crippen LogP) is 4.22. The van der Waals surface area contributed by atoms with E-state index in [1.165, 1.54) is 5.56 Å². The molecular weight excluding hydrogens is 488 g/mol. The molecule has 0 radical (unpaired) electrons. The highest BCUT2D eigenvalue weighted by atomic mass is 16.5. The van der Waals surface area contributed by atoms with Crippen molar-refractivity contribution < 1.29 is 9.84 Å². The van der Waals surface area contributed by atoms with Crippen molar-refractivity contribution in [3.63, 3.8) is 0 Å². The smallest absolute Gasteiger partial charge is 0.175 e. The molecule has 0 bridgehead atoms. The molecule has 0 saturated carbocycles. The maximum Gasteiger partial charge on any atom is 0.175 e. The molecule has 39 heavy (non-hydrogen) atoms. The van der Waals surface area contributed by atoms with E-state index in [0.717, 1.165) is 66.7 Å². The van der Waals surface area contributed by atoms with Gasteiger partial charge in [-0.1, -0.05) is 72.8 Å². The van der Waals surface area contributed by atoms with Gasteiger partial charge in [-0.25, -0.2) is 0 Å². The van der Waals surface area contributed by atoms with Crippen LogP contribution in [-0.4, -0.2) is 74.5 Å². The Bertz CT molecular complexity index is 1370. The monoisotopic (exact) mass is 524 g/mol. The van der Waals surface area contributed by atoms with E-state index >= 15 is 0 Å². The number of rotatable bonds is 10. The van der Waals surface area contributed by atoms with Crippen LogP contribution in [0.2, 0.25) is 0 Å². The van der Waals surface area contributed by atoms with E-state index in [2.05, 4.69) is 106 Å². The second-order valence-corrected chi connectivity index (χ2v) is 9.97. The summed E-state index contributed by atoms with van der Waals surface area (Å²) in [4.78, 5) is 4.92. The standard InChI is InChI=1S/C31H36N6O2/c1-24-9-6-10-25(2)30(24)37-31(32-33-34-37)29-23-35(16-8-14-26-11-4-3-5-12-26)17-18-36(29)22-27-13-7-15-28(21-27)39-20-19-38/h3-15,21,29,38H,16-20,22-23H2,1-2H3. The third-order valence-electron chi connectivity index (χ3n) is 7.14. The number of aliphatic hydroxyl groups excluding tert-OH is 1. The molecule has 1 aliphatic heterocycles. The zero-order valence-electron chi connectivity index (χ0n) is 22.6. The van der Waals surface area contributed by atoms with E-state index in [0.29, 0.717) is 0 Å². The lowest BCUT2D eigenvalue weighted by Crippen LogP contribution is -2.48. The van der Waals surface area contributed by atoms with Gasteiger partial charge in [0.25, 0.3) is 0 Å². The Balaban J connectivity index is 1.41. The van der Waals surface area contributed by atoms with E-state index in [1.807, 2.05) is 22.9 Å². The number of para-hydroxylation sites is 1. The van der Waals surface area contributed by atoms with Gasteiger partial charge < -0.3 is 9.84 Å². The average molecular weight is 525 g/mol. The number of aromatic nitrogens is 4. The summed E-state index contributed by atoms with van der Waals surface area (Å²) < 4.78 is 7.59. The number of benzene rings is 3. The fraction of sp³-hybridized carbons (Fsp3) is 0.323. The first kappa shape index (κ1) is 26.7. The topological polar surface area (TPSA) is 79.5 Å². The Hall–Kier alpha value is -3.85. The molecule has 202 valence electrons. The van der Waals surface area contributed by atoms with E-state index in [-0.39, 0.29) is 19.3 Å². The summed E-state index contributed by atoms with van der Waals surface area (Å²) in [6.45, 7) is 8.72. The Morgan fingerprint density at radius 2 is 1.77 bits per heavy atom. The van der Waals surface area contributed by atoms with E-state index in [1.54, 1.807) is 0 Å². The van der Waals surface area contributed by atoms with Crippen LogP contribution >= 0.6 is 0 Å². The molecule has 4 aromatic rings. The van der Waals surface area contributed by atoms with E-state index < -0.39 is 0 Å². The number of ether oxygens (including phenoxy) is 1. The van der Waals surface area contributed by atoms with Crippen molar-refractivity contribution in [3.8, 4) is 11.4 Å². The summed E-state index contributed by atoms with van der Waals surface area (Å²) in [5.41, 5.74) is 5.68. The van der Waals surface area contributed by atoms with Gasteiger partial charge in [-0.3, -0.25) is 9.80 Å². The Kier molecular flexibility index (Phi) is 8.78. The molecule has 3 aromatic carbocycles. The summed E-state index contributed by atoms with van der Waals surface area (Å²) >= 11 is 0. The summed E-state index contributed by atoms with van der Waals surface area (Å²) in [5, 5.41) is 22.3. The van der Waals surface area contributed by atoms with Crippen molar-refractivity contribution in [1.29, 1.82) is 0 Å². The van der Waals surface area contributed by atoms with Gasteiger partial charge in [-0.2, -0.15) is 4.68 Å². The van der Waals surface area contributed by atoms with Crippen molar-refractivity contribution in [2.45, 2.75) is 26.4 Å². The summed E-state index contributed by atoms with van der Waals surface area (Å²) in [6, 6.07) is 24.8. The number of piperazine rings is 1. The number of tetrazole rings is 1. The SMILES string of the molecule is Cc1cccc(C)c1-n1nnnc1C1CN(CC=Cc2ccccc2)CCN1Cc1cccc(OCCO)c1. The van der Waals surface area contributed by atoms with Crippen LogP contribution in [0.3, 0.4) is 0 Å². The molecule has 1 N–H and O–H groups in total. The lowest BCUT2D eigenvalue weighted by atomic mass is 10.1. The van der Waals surface area contributed by atoms with Crippen molar-refractivity contribution in [1.82, 2.24) is 30.0 Å². The van der Waals surface area contributed by atoms with Crippen LogP contribution in [-0.2, 0) is 6.54 Å². The van der Waals surface area contributed by atoms with Crippen molar-refractivity contribution >= 4 is 6.08 Å². The molecule has 1 atom stereocenters. The van der Waals surface area contributed by atoms with Crippen LogP contribution in [0.15, 0.2) is 78.9 Å². The molecule has 0 amide bonds. The average Bonchev–Trinajstić information content (AvgIpc) is 3.42. The molecule has 1 saturated heterocycles. The number of aliphatic hydroxyl groups is 1. The lowest BCUT2D eigenvalue weighted by Gasteiger charge is -2.40. The van der Waals surface area contributed by atoms with Gasteiger partial charge in [-0.05, 0) is 58.7 Å². The Labute approximate surface area is 230 Å². The second kappa shape index (κ2) is 12.8. The van der Waals surface area contributed by atoms with Gasteiger partial charge in [-0.15, -0.1) is 5.10 Å². The first-order valence-corrected chi connectivity index (χ1v) is 13.5. The first-order valence-electron chi connectivity index (χ1n) is 13.5. The maximum absolute atomic E-state index is 9.14. The van der Waals surface area contributed by atoms with Crippen LogP contribution in [0.4, 0.5) is 0 Å². The zero-order valence-corrected chi connectivity index (χ0v) is 22.6. The minimum Gasteiger partial charge on any atom is -0.491 e. The van der Waals surface area contributed by atoms with Gasteiger partial charge in [0.1, 0.15) is 12.4 Å². The minimum atomic E-state index is -0.00599. The predicted molar refractivity (Wildman–Crippen MR) is 153 cm³/mol. The van der Waals surface area contributed by atoms with Crippen molar-refractivity contribution in [2.75, 3.05) is 39.4 Å². The van der Waals surface area contributed by atoms with Crippen LogP contribution in [0.1, 0.15) is 34.1 Å². The third-order valence-corrected chi connectivity index (χ3v) is 7.14. The Morgan fingerprint density at radius 3 is 2.56 bits per heavy atom. The van der Waals surface area contributed by atoms with Crippen molar-refractivity contribution in [2.24, 2.45) is 0 Å². The third kappa shape index (κ3) is 6.60. The van der Waals surface area contributed by atoms with Crippen LogP contribution in [0, 0.1) is 13.8 Å². The van der Waals surface area contributed by atoms with Gasteiger partial charge in [0.15, 0.2) is 5.82 Å². The molecule has 1 unspecified atom stereocenters. The molecule has 8 heteroatoms. The summed E-state index contributed by atoms with van der Waals surface area (Å²) in [7, 11) is 0. The highest BCUT2D eigenvalue weighted by molar-refractivity contribution is 5.49. The fourth-order valence-electron chi connectivity index (χ4n) is 5.21. The number of aryl methyl sites for hydroxylation is 2. The molecule has 2 heterocycles. The number of hydrogen-bond acceptors (Lipinski definition) is 7. The first-order chi connectivity index (χ1) is 19.1. The normalized spacial score (nSPS) is 16.6. The molecule has 8 nitrogen and oxygen atoms in total.